The summed E-state index contributed by atoms with van der Waals surface area (Å²) in [4.78, 5) is 50.8. The van der Waals surface area contributed by atoms with Crippen LogP contribution in [-0.2, 0) is 14.4 Å². The van der Waals surface area contributed by atoms with E-state index >= 15 is 0 Å². The van der Waals surface area contributed by atoms with E-state index in [9.17, 15) is 19.2 Å². The van der Waals surface area contributed by atoms with Gasteiger partial charge in [-0.2, -0.15) is 0 Å². The molecule has 8 heteroatoms. The number of hydrogen-bond acceptors (Lipinski definition) is 4. The number of amides is 5. The van der Waals surface area contributed by atoms with Crippen molar-refractivity contribution < 1.29 is 19.2 Å². The lowest BCUT2D eigenvalue weighted by Gasteiger charge is -2.39. The number of carbonyl (C=O) groups excluding carboxylic acids is 4. The van der Waals surface area contributed by atoms with Crippen molar-refractivity contribution in [2.75, 3.05) is 26.2 Å². The van der Waals surface area contributed by atoms with Gasteiger partial charge in [-0.25, -0.2) is 4.79 Å². The van der Waals surface area contributed by atoms with E-state index in [1.807, 2.05) is 30.3 Å². The normalized spacial score (nSPS) is 24.3. The SMILES string of the molecule is O=C1NC2(CCN(C(=O)CN3C(=O)CNC3=O)CC2)CC1c1ccccc1. The molecule has 3 fully saturated rings. The Labute approximate surface area is 156 Å². The third kappa shape index (κ3) is 3.27. The van der Waals surface area contributed by atoms with Gasteiger partial charge in [0.25, 0.3) is 5.91 Å². The Kier molecular flexibility index (Phi) is 4.33. The minimum Gasteiger partial charge on any atom is -0.350 e. The molecule has 8 nitrogen and oxygen atoms in total. The van der Waals surface area contributed by atoms with Gasteiger partial charge in [-0.3, -0.25) is 19.3 Å². The van der Waals surface area contributed by atoms with Crippen LogP contribution in [-0.4, -0.2) is 65.3 Å². The zero-order chi connectivity index (χ0) is 19.0. The number of urea groups is 1. The van der Waals surface area contributed by atoms with Crippen LogP contribution < -0.4 is 10.6 Å². The van der Waals surface area contributed by atoms with E-state index in [1.165, 1.54) is 0 Å². The molecule has 4 rings (SSSR count). The first kappa shape index (κ1) is 17.5. The molecular formula is C19H22N4O4. The number of benzene rings is 1. The summed E-state index contributed by atoms with van der Waals surface area (Å²) >= 11 is 0. The van der Waals surface area contributed by atoms with Gasteiger partial charge in [-0.05, 0) is 24.8 Å². The largest absolute Gasteiger partial charge is 0.350 e. The maximum absolute atomic E-state index is 12.5. The van der Waals surface area contributed by atoms with E-state index in [-0.39, 0.29) is 42.3 Å². The van der Waals surface area contributed by atoms with E-state index in [1.54, 1.807) is 4.90 Å². The minimum atomic E-state index is -0.518. The average Bonchev–Trinajstić information content (AvgIpc) is 3.16. The van der Waals surface area contributed by atoms with E-state index in [4.69, 9.17) is 0 Å². The summed E-state index contributed by atoms with van der Waals surface area (Å²) < 4.78 is 0. The van der Waals surface area contributed by atoms with Gasteiger partial charge < -0.3 is 15.5 Å². The molecule has 0 aliphatic carbocycles. The third-order valence-corrected chi connectivity index (χ3v) is 5.81. The second kappa shape index (κ2) is 6.68. The number of nitrogens with one attached hydrogen (secondary N) is 2. The fourth-order valence-electron chi connectivity index (χ4n) is 4.20. The van der Waals surface area contributed by atoms with E-state index in [0.717, 1.165) is 16.9 Å². The number of nitrogens with zero attached hydrogens (tertiary/aromatic N) is 2. The Hall–Kier alpha value is -2.90. The predicted octanol–water partition coefficient (Wildman–Crippen LogP) is 0.203. The molecule has 0 bridgehead atoms. The Morgan fingerprint density at radius 3 is 2.44 bits per heavy atom. The maximum atomic E-state index is 12.5. The topological polar surface area (TPSA) is 98.8 Å². The van der Waals surface area contributed by atoms with Crippen LogP contribution in [0, 0.1) is 0 Å². The first-order chi connectivity index (χ1) is 13.0. The highest BCUT2D eigenvalue weighted by atomic mass is 16.2. The van der Waals surface area contributed by atoms with Crippen molar-refractivity contribution in [1.82, 2.24) is 20.4 Å². The molecule has 0 aromatic heterocycles. The van der Waals surface area contributed by atoms with Gasteiger partial charge in [0.1, 0.15) is 6.54 Å². The maximum Gasteiger partial charge on any atom is 0.325 e. The molecule has 1 atom stereocenters. The Morgan fingerprint density at radius 2 is 1.81 bits per heavy atom. The van der Waals surface area contributed by atoms with Gasteiger partial charge in [0, 0.05) is 18.6 Å². The van der Waals surface area contributed by atoms with Crippen molar-refractivity contribution in [3.63, 3.8) is 0 Å². The lowest BCUT2D eigenvalue weighted by Crippen LogP contribution is -2.54. The zero-order valence-electron chi connectivity index (χ0n) is 14.9. The smallest absolute Gasteiger partial charge is 0.325 e. The molecule has 1 aromatic carbocycles. The summed E-state index contributed by atoms with van der Waals surface area (Å²) in [5, 5.41) is 5.57. The average molecular weight is 370 g/mol. The van der Waals surface area contributed by atoms with Gasteiger partial charge in [0.05, 0.1) is 12.5 Å². The first-order valence-electron chi connectivity index (χ1n) is 9.20. The van der Waals surface area contributed by atoms with Gasteiger partial charge in [-0.1, -0.05) is 30.3 Å². The quantitative estimate of drug-likeness (QED) is 0.743. The number of piperidine rings is 1. The van der Waals surface area contributed by atoms with Crippen molar-refractivity contribution in [3.8, 4) is 0 Å². The van der Waals surface area contributed by atoms with Crippen molar-refractivity contribution in [1.29, 1.82) is 0 Å². The van der Waals surface area contributed by atoms with Crippen LogP contribution in [0.4, 0.5) is 4.79 Å². The molecule has 3 aliphatic heterocycles. The molecule has 1 aromatic rings. The van der Waals surface area contributed by atoms with E-state index in [2.05, 4.69) is 10.6 Å². The molecule has 27 heavy (non-hydrogen) atoms. The zero-order valence-corrected chi connectivity index (χ0v) is 14.9. The Morgan fingerprint density at radius 1 is 1.11 bits per heavy atom. The second-order valence-electron chi connectivity index (χ2n) is 7.46. The lowest BCUT2D eigenvalue weighted by atomic mass is 9.82. The molecule has 142 valence electrons. The van der Waals surface area contributed by atoms with Crippen LogP contribution in [0.15, 0.2) is 30.3 Å². The van der Waals surface area contributed by atoms with Crippen molar-refractivity contribution in [3.05, 3.63) is 35.9 Å². The lowest BCUT2D eigenvalue weighted by molar-refractivity contribution is -0.137. The van der Waals surface area contributed by atoms with Crippen LogP contribution in [0.2, 0.25) is 0 Å². The van der Waals surface area contributed by atoms with Crippen molar-refractivity contribution in [2.24, 2.45) is 0 Å². The molecule has 1 spiro atoms. The minimum absolute atomic E-state index is 0.0420. The highest BCUT2D eigenvalue weighted by molar-refractivity contribution is 6.04. The summed E-state index contributed by atoms with van der Waals surface area (Å²) in [5.41, 5.74) is 0.735. The summed E-state index contributed by atoms with van der Waals surface area (Å²) in [6.45, 7) is 0.730. The molecule has 3 heterocycles. The number of likely N-dealkylation sites (tertiary alicyclic amines) is 1. The van der Waals surface area contributed by atoms with Gasteiger partial charge in [0.15, 0.2) is 0 Å². The van der Waals surface area contributed by atoms with Gasteiger partial charge >= 0.3 is 6.03 Å². The standard InChI is InChI=1S/C19H22N4O4/c24-15-11-20-18(27)23(15)12-16(25)22-8-6-19(7-9-22)10-14(17(26)21-19)13-4-2-1-3-5-13/h1-5,14H,6-12H2,(H,20,27)(H,21,26). The fourth-order valence-corrected chi connectivity index (χ4v) is 4.20. The van der Waals surface area contributed by atoms with Crippen molar-refractivity contribution >= 4 is 23.8 Å². The summed E-state index contributed by atoms with van der Waals surface area (Å²) in [6, 6.07) is 9.23. The second-order valence-corrected chi connectivity index (χ2v) is 7.46. The molecule has 0 radical (unpaired) electrons. The molecule has 5 amide bonds. The number of hydrogen-bond donors (Lipinski definition) is 2. The third-order valence-electron chi connectivity index (χ3n) is 5.81. The molecular weight excluding hydrogens is 348 g/mol. The van der Waals surface area contributed by atoms with Crippen LogP contribution in [0.3, 0.4) is 0 Å². The number of imide groups is 1. The summed E-state index contributed by atoms with van der Waals surface area (Å²) in [5.74, 6) is -0.727. The van der Waals surface area contributed by atoms with Crippen LogP contribution >= 0.6 is 0 Å². The highest BCUT2D eigenvalue weighted by Gasteiger charge is 2.46. The molecule has 3 aliphatic rings. The van der Waals surface area contributed by atoms with E-state index in [0.29, 0.717) is 25.9 Å². The monoisotopic (exact) mass is 370 g/mol. The highest BCUT2D eigenvalue weighted by Crippen LogP contribution is 2.39. The van der Waals surface area contributed by atoms with Crippen LogP contribution in [0.25, 0.3) is 0 Å². The number of carbonyl (C=O) groups is 4. The van der Waals surface area contributed by atoms with Gasteiger partial charge in [-0.15, -0.1) is 0 Å². The van der Waals surface area contributed by atoms with Crippen LogP contribution in [0.5, 0.6) is 0 Å². The van der Waals surface area contributed by atoms with Gasteiger partial charge in [0.2, 0.25) is 11.8 Å². The predicted molar refractivity (Wildman–Crippen MR) is 95.6 cm³/mol. The molecule has 1 unspecified atom stereocenters. The summed E-state index contributed by atoms with van der Waals surface area (Å²) in [6.07, 6.45) is 2.08. The number of rotatable bonds is 3. The molecule has 0 saturated carbocycles. The first-order valence-corrected chi connectivity index (χ1v) is 9.20. The fraction of sp³-hybridized carbons (Fsp3) is 0.474. The Bertz CT molecular complexity index is 770. The summed E-state index contributed by atoms with van der Waals surface area (Å²) in [7, 11) is 0. The Balaban J connectivity index is 1.36. The van der Waals surface area contributed by atoms with Crippen LogP contribution in [0.1, 0.15) is 30.7 Å². The van der Waals surface area contributed by atoms with E-state index < -0.39 is 6.03 Å². The van der Waals surface area contributed by atoms with Crippen molar-refractivity contribution in [2.45, 2.75) is 30.7 Å². The molecule has 2 N–H and O–H groups in total. The molecule has 3 saturated heterocycles.